The highest BCUT2D eigenvalue weighted by atomic mass is 32.2. The van der Waals surface area contributed by atoms with Crippen LogP contribution in [0.1, 0.15) is 30.6 Å². The summed E-state index contributed by atoms with van der Waals surface area (Å²) in [6, 6.07) is 6.12. The van der Waals surface area contributed by atoms with Crippen molar-refractivity contribution >= 4 is 15.8 Å². The van der Waals surface area contributed by atoms with Crippen molar-refractivity contribution in [3.63, 3.8) is 0 Å². The number of rotatable bonds is 8. The summed E-state index contributed by atoms with van der Waals surface area (Å²) in [7, 11) is 0.439. The van der Waals surface area contributed by atoms with Crippen LogP contribution < -0.4 is 0 Å². The van der Waals surface area contributed by atoms with Crippen LogP contribution in [-0.4, -0.2) is 57.1 Å². The molecule has 1 aromatic carbocycles. The van der Waals surface area contributed by atoms with Crippen molar-refractivity contribution in [2.24, 2.45) is 0 Å². The normalized spacial score (nSPS) is 12.1. The number of nitrogens with zero attached hydrogens (tertiary/aromatic N) is 2. The third-order valence-corrected chi connectivity index (χ3v) is 5.25. The molecule has 118 valence electrons. The molecule has 0 saturated heterocycles. The Balaban J connectivity index is 2.88. The van der Waals surface area contributed by atoms with E-state index in [1.165, 1.54) is 23.4 Å². The number of ketones is 1. The van der Waals surface area contributed by atoms with E-state index in [2.05, 4.69) is 0 Å². The van der Waals surface area contributed by atoms with Crippen LogP contribution in [0.4, 0.5) is 0 Å². The van der Waals surface area contributed by atoms with Crippen molar-refractivity contribution in [3.8, 4) is 0 Å². The van der Waals surface area contributed by atoms with Crippen LogP contribution in [0.5, 0.6) is 0 Å². The van der Waals surface area contributed by atoms with Crippen LogP contribution in [0.2, 0.25) is 0 Å². The van der Waals surface area contributed by atoms with Crippen LogP contribution >= 0.6 is 0 Å². The molecule has 0 unspecified atom stereocenters. The Labute approximate surface area is 127 Å². The van der Waals surface area contributed by atoms with E-state index in [1.807, 2.05) is 25.9 Å². The van der Waals surface area contributed by atoms with Gasteiger partial charge in [-0.3, -0.25) is 4.79 Å². The molecule has 1 aromatic rings. The molecule has 0 fully saturated rings. The number of sulfonamides is 1. The smallest absolute Gasteiger partial charge is 0.243 e. The molecule has 0 aliphatic rings. The maximum atomic E-state index is 12.5. The van der Waals surface area contributed by atoms with Gasteiger partial charge in [-0.2, -0.15) is 4.31 Å². The fraction of sp³-hybridized carbons (Fsp3) is 0.533. The fourth-order valence-corrected chi connectivity index (χ4v) is 3.51. The highest BCUT2D eigenvalue weighted by Gasteiger charge is 2.22. The van der Waals surface area contributed by atoms with Gasteiger partial charge in [0.15, 0.2) is 5.78 Å². The molecule has 0 aromatic heterocycles. The molecule has 0 aliphatic heterocycles. The quantitative estimate of drug-likeness (QED) is 0.687. The second-order valence-electron chi connectivity index (χ2n) is 5.23. The first-order valence-corrected chi connectivity index (χ1v) is 8.49. The lowest BCUT2D eigenvalue weighted by molar-refractivity contribution is 0.101. The molecule has 21 heavy (non-hydrogen) atoms. The summed E-state index contributed by atoms with van der Waals surface area (Å²) >= 11 is 0. The van der Waals surface area contributed by atoms with Crippen molar-refractivity contribution < 1.29 is 13.2 Å². The van der Waals surface area contributed by atoms with E-state index in [0.717, 1.165) is 13.0 Å². The first-order chi connectivity index (χ1) is 9.78. The molecule has 0 bridgehead atoms. The predicted octanol–water partition coefficient (Wildman–Crippen LogP) is 1.85. The van der Waals surface area contributed by atoms with E-state index in [4.69, 9.17) is 0 Å². The summed E-state index contributed by atoms with van der Waals surface area (Å²) in [4.78, 5) is 13.5. The zero-order chi connectivity index (χ0) is 16.0. The maximum Gasteiger partial charge on any atom is 0.243 e. The molecule has 6 heteroatoms. The van der Waals surface area contributed by atoms with E-state index < -0.39 is 10.0 Å². The second kappa shape index (κ2) is 7.68. The van der Waals surface area contributed by atoms with E-state index >= 15 is 0 Å². The zero-order valence-corrected chi connectivity index (χ0v) is 14.0. The van der Waals surface area contributed by atoms with E-state index in [9.17, 15) is 13.2 Å². The van der Waals surface area contributed by atoms with Crippen molar-refractivity contribution in [1.29, 1.82) is 0 Å². The largest absolute Gasteiger partial charge is 0.309 e. The summed E-state index contributed by atoms with van der Waals surface area (Å²) in [6.07, 6.45) is 0.783. The SMILES string of the molecule is CCN(CCCN(C)C)S(=O)(=O)c1ccc(C(C)=O)cc1. The molecule has 1 rings (SSSR count). The highest BCUT2D eigenvalue weighted by molar-refractivity contribution is 7.89. The van der Waals surface area contributed by atoms with Crippen LogP contribution in [0, 0.1) is 0 Å². The lowest BCUT2D eigenvalue weighted by Crippen LogP contribution is -2.33. The van der Waals surface area contributed by atoms with Gasteiger partial charge in [0.2, 0.25) is 10.0 Å². The summed E-state index contributed by atoms with van der Waals surface area (Å²) in [5, 5.41) is 0. The lowest BCUT2D eigenvalue weighted by Gasteiger charge is -2.21. The van der Waals surface area contributed by atoms with Crippen molar-refractivity contribution in [2.75, 3.05) is 33.7 Å². The van der Waals surface area contributed by atoms with Crippen molar-refractivity contribution in [2.45, 2.75) is 25.2 Å². The van der Waals surface area contributed by atoms with Gasteiger partial charge in [0.05, 0.1) is 4.90 Å². The Morgan fingerprint density at radius 3 is 2.10 bits per heavy atom. The van der Waals surface area contributed by atoms with E-state index in [0.29, 0.717) is 18.7 Å². The Bertz CT molecular complexity index is 565. The minimum atomic E-state index is -3.49. The van der Waals surface area contributed by atoms with Crippen LogP contribution in [-0.2, 0) is 10.0 Å². The van der Waals surface area contributed by atoms with Gasteiger partial charge in [-0.25, -0.2) is 8.42 Å². The predicted molar refractivity (Wildman–Crippen MR) is 84.1 cm³/mol. The average molecular weight is 312 g/mol. The average Bonchev–Trinajstić information content (AvgIpc) is 2.43. The van der Waals surface area contributed by atoms with Gasteiger partial charge in [0.1, 0.15) is 0 Å². The van der Waals surface area contributed by atoms with Gasteiger partial charge in [-0.15, -0.1) is 0 Å². The molecule has 5 nitrogen and oxygen atoms in total. The lowest BCUT2D eigenvalue weighted by atomic mass is 10.2. The van der Waals surface area contributed by atoms with Crippen LogP contribution in [0.15, 0.2) is 29.2 Å². The summed E-state index contributed by atoms with van der Waals surface area (Å²) in [5.41, 5.74) is 0.518. The first-order valence-electron chi connectivity index (χ1n) is 7.05. The third kappa shape index (κ3) is 4.91. The molecular formula is C15H24N2O3S. The summed E-state index contributed by atoms with van der Waals surface area (Å²) in [5.74, 6) is -0.0720. The van der Waals surface area contributed by atoms with E-state index in [1.54, 1.807) is 12.1 Å². The van der Waals surface area contributed by atoms with Crippen LogP contribution in [0.3, 0.4) is 0 Å². The van der Waals surface area contributed by atoms with Gasteiger partial charge in [-0.05, 0) is 46.1 Å². The zero-order valence-electron chi connectivity index (χ0n) is 13.2. The molecular weight excluding hydrogens is 288 g/mol. The minimum Gasteiger partial charge on any atom is -0.309 e. The molecule has 0 amide bonds. The number of benzene rings is 1. The molecule has 0 atom stereocenters. The first kappa shape index (κ1) is 17.8. The molecule has 0 N–H and O–H groups in total. The standard InChI is InChI=1S/C15H24N2O3S/c1-5-17(12-6-11-16(3)4)21(19,20)15-9-7-14(8-10-15)13(2)18/h7-10H,5-6,11-12H2,1-4H3. The number of carbonyl (C=O) groups is 1. The highest BCUT2D eigenvalue weighted by Crippen LogP contribution is 2.17. The van der Waals surface area contributed by atoms with Crippen molar-refractivity contribution in [3.05, 3.63) is 29.8 Å². The number of hydrogen-bond donors (Lipinski definition) is 0. The summed E-state index contributed by atoms with van der Waals surface area (Å²) < 4.78 is 26.6. The molecule has 0 radical (unpaired) electrons. The Kier molecular flexibility index (Phi) is 6.51. The van der Waals surface area contributed by atoms with Gasteiger partial charge >= 0.3 is 0 Å². The second-order valence-corrected chi connectivity index (χ2v) is 7.17. The molecule has 0 spiro atoms. The van der Waals surface area contributed by atoms with Gasteiger partial charge in [-0.1, -0.05) is 19.1 Å². The summed E-state index contributed by atoms with van der Waals surface area (Å²) in [6.45, 7) is 5.06. The minimum absolute atomic E-state index is 0.0720. The van der Waals surface area contributed by atoms with Gasteiger partial charge in [0, 0.05) is 18.7 Å². The van der Waals surface area contributed by atoms with Gasteiger partial charge < -0.3 is 4.90 Å². The third-order valence-electron chi connectivity index (χ3n) is 3.26. The van der Waals surface area contributed by atoms with Crippen LogP contribution in [0.25, 0.3) is 0 Å². The topological polar surface area (TPSA) is 57.7 Å². The Hall–Kier alpha value is -1.24. The monoisotopic (exact) mass is 312 g/mol. The Morgan fingerprint density at radius 1 is 1.10 bits per heavy atom. The Morgan fingerprint density at radius 2 is 1.67 bits per heavy atom. The number of carbonyl (C=O) groups excluding carboxylic acids is 1. The number of Topliss-reactive ketones (excluding diaryl/α,β-unsaturated/α-hetero) is 1. The van der Waals surface area contributed by atoms with Crippen molar-refractivity contribution in [1.82, 2.24) is 9.21 Å². The van der Waals surface area contributed by atoms with E-state index in [-0.39, 0.29) is 10.7 Å². The maximum absolute atomic E-state index is 12.5. The molecule has 0 heterocycles. The molecule has 0 saturated carbocycles. The van der Waals surface area contributed by atoms with Gasteiger partial charge in [0.25, 0.3) is 0 Å². The molecule has 0 aliphatic carbocycles. The fourth-order valence-electron chi connectivity index (χ4n) is 2.02. The number of hydrogen-bond acceptors (Lipinski definition) is 4.